The molecule has 0 aliphatic rings. The van der Waals surface area contributed by atoms with Gasteiger partial charge in [-0.2, -0.15) is 8.78 Å². The van der Waals surface area contributed by atoms with Crippen LogP contribution in [0.2, 0.25) is 0 Å². The Bertz CT molecular complexity index is 582. The van der Waals surface area contributed by atoms with Crippen molar-refractivity contribution >= 4 is 11.6 Å². The van der Waals surface area contributed by atoms with Gasteiger partial charge in [-0.1, -0.05) is 0 Å². The first-order valence-corrected chi connectivity index (χ1v) is 5.70. The molecule has 104 valence electrons. The molecule has 0 atom stereocenters. The molecule has 0 saturated carbocycles. The van der Waals surface area contributed by atoms with Gasteiger partial charge in [0.15, 0.2) is 0 Å². The smallest absolute Gasteiger partial charge is 0.387 e. The summed E-state index contributed by atoms with van der Waals surface area (Å²) in [4.78, 5) is 11.8. The number of alkyl halides is 2. The van der Waals surface area contributed by atoms with Gasteiger partial charge < -0.3 is 15.2 Å². The van der Waals surface area contributed by atoms with E-state index in [-0.39, 0.29) is 17.4 Å². The van der Waals surface area contributed by atoms with Gasteiger partial charge in [0, 0.05) is 11.3 Å². The molecule has 0 aromatic heterocycles. The second-order valence-electron chi connectivity index (χ2n) is 3.90. The molecule has 0 radical (unpaired) electrons. The third-order valence-electron chi connectivity index (χ3n) is 2.47. The first-order chi connectivity index (χ1) is 9.54. The predicted octanol–water partition coefficient (Wildman–Crippen LogP) is 3.25. The molecule has 20 heavy (non-hydrogen) atoms. The molecule has 0 bridgehead atoms. The van der Waals surface area contributed by atoms with Crippen LogP contribution in [0.1, 0.15) is 10.4 Å². The molecule has 0 fully saturated rings. The predicted molar refractivity (Wildman–Crippen MR) is 69.1 cm³/mol. The number of ether oxygens (including phenoxy) is 1. The highest BCUT2D eigenvalue weighted by molar-refractivity contribution is 6.04. The Balaban J connectivity index is 2.02. The van der Waals surface area contributed by atoms with Crippen LogP contribution in [0, 0.1) is 0 Å². The molecule has 0 saturated heterocycles. The lowest BCUT2D eigenvalue weighted by Crippen LogP contribution is -2.11. The zero-order valence-corrected chi connectivity index (χ0v) is 10.2. The highest BCUT2D eigenvalue weighted by Gasteiger charge is 2.07. The summed E-state index contributed by atoms with van der Waals surface area (Å²) in [5, 5.41) is 11.7. The number of phenols is 1. The van der Waals surface area contributed by atoms with Crippen LogP contribution in [0.15, 0.2) is 48.5 Å². The molecule has 2 rings (SSSR count). The summed E-state index contributed by atoms with van der Waals surface area (Å²) in [7, 11) is 0. The van der Waals surface area contributed by atoms with Crippen molar-refractivity contribution in [2.24, 2.45) is 0 Å². The van der Waals surface area contributed by atoms with Gasteiger partial charge in [-0.05, 0) is 48.5 Å². The lowest BCUT2D eigenvalue weighted by molar-refractivity contribution is -0.0498. The Morgan fingerprint density at radius 1 is 1.05 bits per heavy atom. The van der Waals surface area contributed by atoms with Crippen molar-refractivity contribution in [3.05, 3.63) is 54.1 Å². The van der Waals surface area contributed by atoms with Gasteiger partial charge in [-0.25, -0.2) is 0 Å². The van der Waals surface area contributed by atoms with E-state index in [1.54, 1.807) is 0 Å². The maximum atomic E-state index is 12.0. The molecule has 0 aliphatic carbocycles. The first-order valence-electron chi connectivity index (χ1n) is 5.70. The maximum Gasteiger partial charge on any atom is 0.387 e. The van der Waals surface area contributed by atoms with E-state index in [1.165, 1.54) is 48.5 Å². The van der Waals surface area contributed by atoms with Crippen molar-refractivity contribution in [1.29, 1.82) is 0 Å². The van der Waals surface area contributed by atoms with Gasteiger partial charge in [-0.3, -0.25) is 4.79 Å². The van der Waals surface area contributed by atoms with Crippen molar-refractivity contribution in [3.63, 3.8) is 0 Å². The number of hydrogen-bond acceptors (Lipinski definition) is 3. The van der Waals surface area contributed by atoms with Gasteiger partial charge in [0.1, 0.15) is 11.5 Å². The van der Waals surface area contributed by atoms with Crippen LogP contribution in [0.3, 0.4) is 0 Å². The van der Waals surface area contributed by atoms with Crippen molar-refractivity contribution in [3.8, 4) is 11.5 Å². The molecule has 0 aliphatic heterocycles. The summed E-state index contributed by atoms with van der Waals surface area (Å²) in [5.74, 6) is -0.287. The summed E-state index contributed by atoms with van der Waals surface area (Å²) in [6, 6.07) is 11.3. The summed E-state index contributed by atoms with van der Waals surface area (Å²) in [5.41, 5.74) is 0.820. The summed E-state index contributed by atoms with van der Waals surface area (Å²) in [6.45, 7) is -2.88. The second-order valence-corrected chi connectivity index (χ2v) is 3.90. The summed E-state index contributed by atoms with van der Waals surface area (Å²) < 4.78 is 28.1. The number of rotatable bonds is 4. The molecule has 2 aromatic rings. The number of hydrogen-bond donors (Lipinski definition) is 2. The van der Waals surface area contributed by atoms with Crippen LogP contribution < -0.4 is 10.1 Å². The van der Waals surface area contributed by atoms with Crippen molar-refractivity contribution < 1.29 is 23.4 Å². The minimum Gasteiger partial charge on any atom is -0.508 e. The third kappa shape index (κ3) is 3.68. The van der Waals surface area contributed by atoms with Gasteiger partial charge in [0.25, 0.3) is 5.91 Å². The fourth-order valence-corrected chi connectivity index (χ4v) is 1.54. The van der Waals surface area contributed by atoms with Crippen molar-refractivity contribution in [1.82, 2.24) is 0 Å². The third-order valence-corrected chi connectivity index (χ3v) is 2.47. The summed E-state index contributed by atoms with van der Waals surface area (Å²) >= 11 is 0. The van der Waals surface area contributed by atoms with E-state index < -0.39 is 6.61 Å². The largest absolute Gasteiger partial charge is 0.508 e. The molecule has 1 amide bonds. The van der Waals surface area contributed by atoms with E-state index in [0.29, 0.717) is 11.3 Å². The van der Waals surface area contributed by atoms with E-state index in [0.717, 1.165) is 0 Å². The van der Waals surface area contributed by atoms with Crippen LogP contribution in [0.4, 0.5) is 14.5 Å². The lowest BCUT2D eigenvalue weighted by atomic mass is 10.2. The number of nitrogens with one attached hydrogen (secondary N) is 1. The average molecular weight is 279 g/mol. The average Bonchev–Trinajstić information content (AvgIpc) is 2.41. The molecular weight excluding hydrogens is 268 g/mol. The van der Waals surface area contributed by atoms with Crippen molar-refractivity contribution in [2.75, 3.05) is 5.32 Å². The molecule has 2 N–H and O–H groups in total. The SMILES string of the molecule is O=C(Nc1ccc(OC(F)F)cc1)c1ccc(O)cc1. The van der Waals surface area contributed by atoms with Gasteiger partial charge in [0.05, 0.1) is 0 Å². The fraction of sp³-hybridized carbons (Fsp3) is 0.0714. The van der Waals surface area contributed by atoms with E-state index >= 15 is 0 Å². The molecule has 2 aromatic carbocycles. The van der Waals surface area contributed by atoms with Gasteiger partial charge >= 0.3 is 6.61 Å². The standard InChI is InChI=1S/C14H11F2NO3/c15-14(16)20-12-7-3-10(4-8-12)17-13(19)9-1-5-11(18)6-2-9/h1-8,14,18H,(H,17,19). The Morgan fingerprint density at radius 2 is 1.65 bits per heavy atom. The zero-order valence-electron chi connectivity index (χ0n) is 10.2. The molecule has 0 heterocycles. The topological polar surface area (TPSA) is 58.6 Å². The number of carbonyl (C=O) groups is 1. The molecule has 0 spiro atoms. The zero-order chi connectivity index (χ0) is 14.5. The fourth-order valence-electron chi connectivity index (χ4n) is 1.54. The Labute approximate surface area is 113 Å². The quantitative estimate of drug-likeness (QED) is 0.903. The molecular formula is C14H11F2NO3. The number of phenolic OH excluding ortho intramolecular Hbond substituents is 1. The first kappa shape index (κ1) is 13.8. The normalized spacial score (nSPS) is 10.3. The van der Waals surface area contributed by atoms with Gasteiger partial charge in [0.2, 0.25) is 0 Å². The minimum absolute atomic E-state index is 0.0163. The Hall–Kier alpha value is -2.63. The molecule has 0 unspecified atom stereocenters. The number of anilines is 1. The van der Waals surface area contributed by atoms with Crippen LogP contribution in [-0.4, -0.2) is 17.6 Å². The van der Waals surface area contributed by atoms with E-state index in [4.69, 9.17) is 5.11 Å². The number of aromatic hydroxyl groups is 1. The van der Waals surface area contributed by atoms with Crippen LogP contribution >= 0.6 is 0 Å². The molecule has 6 heteroatoms. The van der Waals surface area contributed by atoms with Crippen LogP contribution in [0.25, 0.3) is 0 Å². The number of halogens is 2. The number of benzene rings is 2. The minimum atomic E-state index is -2.88. The maximum absolute atomic E-state index is 12.0. The van der Waals surface area contributed by atoms with E-state index in [9.17, 15) is 13.6 Å². The highest BCUT2D eigenvalue weighted by Crippen LogP contribution is 2.18. The van der Waals surface area contributed by atoms with Crippen molar-refractivity contribution in [2.45, 2.75) is 6.61 Å². The number of carbonyl (C=O) groups excluding carboxylic acids is 1. The van der Waals surface area contributed by atoms with Crippen LogP contribution in [-0.2, 0) is 0 Å². The lowest BCUT2D eigenvalue weighted by Gasteiger charge is -2.07. The molecule has 4 nitrogen and oxygen atoms in total. The Morgan fingerprint density at radius 3 is 2.20 bits per heavy atom. The van der Waals surface area contributed by atoms with Crippen LogP contribution in [0.5, 0.6) is 11.5 Å². The van der Waals surface area contributed by atoms with Gasteiger partial charge in [-0.15, -0.1) is 0 Å². The second kappa shape index (κ2) is 6.01. The Kier molecular flexibility index (Phi) is 4.14. The summed E-state index contributed by atoms with van der Waals surface area (Å²) in [6.07, 6.45) is 0. The monoisotopic (exact) mass is 279 g/mol. The van der Waals surface area contributed by atoms with E-state index in [1.807, 2.05) is 0 Å². The number of amides is 1. The van der Waals surface area contributed by atoms with E-state index in [2.05, 4.69) is 10.1 Å². The highest BCUT2D eigenvalue weighted by atomic mass is 19.3.